The molecule has 1 N–H and O–H groups in total. The first-order valence-corrected chi connectivity index (χ1v) is 6.34. The highest BCUT2D eigenvalue weighted by atomic mass is 79.9. The molecule has 0 aliphatic heterocycles. The lowest BCUT2D eigenvalue weighted by Crippen LogP contribution is -1.98. The van der Waals surface area contributed by atoms with E-state index in [-0.39, 0.29) is 5.82 Å². The Balaban J connectivity index is 2.52. The highest BCUT2D eigenvalue weighted by Crippen LogP contribution is 2.22. The molecule has 1 aromatic carbocycles. The highest BCUT2D eigenvalue weighted by molar-refractivity contribution is 9.10. The Morgan fingerprint density at radius 3 is 2.83 bits per heavy atom. The van der Waals surface area contributed by atoms with E-state index in [2.05, 4.69) is 25.9 Å². The van der Waals surface area contributed by atoms with Crippen LogP contribution in [0.25, 0.3) is 11.4 Å². The minimum absolute atomic E-state index is 0.336. The fourth-order valence-corrected chi connectivity index (χ4v) is 2.27. The summed E-state index contributed by atoms with van der Waals surface area (Å²) in [7, 11) is 1.59. The molecule has 1 aromatic heterocycles. The fourth-order valence-electron chi connectivity index (χ4n) is 1.57. The van der Waals surface area contributed by atoms with Gasteiger partial charge in [0.05, 0.1) is 6.61 Å². The van der Waals surface area contributed by atoms with Crippen molar-refractivity contribution in [3.05, 3.63) is 44.9 Å². The van der Waals surface area contributed by atoms with Crippen LogP contribution < -0.4 is 0 Å². The van der Waals surface area contributed by atoms with E-state index < -0.39 is 0 Å². The highest BCUT2D eigenvalue weighted by Gasteiger charge is 2.05. The number of nitrogens with zero attached hydrogens (tertiary/aromatic N) is 1. The van der Waals surface area contributed by atoms with Crippen molar-refractivity contribution in [2.75, 3.05) is 7.11 Å². The largest absolute Gasteiger partial charge is 0.378 e. The smallest absolute Gasteiger partial charge is 0.139 e. The zero-order valence-electron chi connectivity index (χ0n) is 9.54. The van der Waals surface area contributed by atoms with Crippen molar-refractivity contribution in [1.29, 1.82) is 0 Å². The second-order valence-corrected chi connectivity index (χ2v) is 5.02. The molecule has 0 spiro atoms. The van der Waals surface area contributed by atoms with Crippen molar-refractivity contribution in [1.82, 2.24) is 9.97 Å². The molecule has 2 rings (SSSR count). The van der Waals surface area contributed by atoms with Crippen LogP contribution in [0, 0.1) is 10.5 Å². The summed E-state index contributed by atoms with van der Waals surface area (Å²) in [6.45, 7) is 0.398. The monoisotopic (exact) mass is 328 g/mol. The Hall–Kier alpha value is -1.11. The zero-order valence-corrected chi connectivity index (χ0v) is 11.9. The van der Waals surface area contributed by atoms with E-state index in [9.17, 15) is 4.39 Å². The van der Waals surface area contributed by atoms with E-state index in [4.69, 9.17) is 17.0 Å². The Morgan fingerprint density at radius 1 is 1.39 bits per heavy atom. The third-order valence-electron chi connectivity index (χ3n) is 2.23. The molecule has 0 bridgehead atoms. The van der Waals surface area contributed by atoms with Crippen molar-refractivity contribution >= 4 is 28.1 Å². The lowest BCUT2D eigenvalue weighted by Gasteiger charge is -2.06. The molecule has 0 radical (unpaired) electrons. The van der Waals surface area contributed by atoms with E-state index in [0.717, 1.165) is 5.69 Å². The van der Waals surface area contributed by atoms with Crippen molar-refractivity contribution < 1.29 is 9.13 Å². The van der Waals surface area contributed by atoms with Crippen LogP contribution in [0.3, 0.4) is 0 Å². The predicted molar refractivity (Wildman–Crippen MR) is 73.2 cm³/mol. The van der Waals surface area contributed by atoms with Crippen molar-refractivity contribution in [2.24, 2.45) is 0 Å². The molecule has 0 unspecified atom stereocenters. The molecule has 1 heterocycles. The SMILES string of the molecule is COCc1cc(=S)nc(-c2cc(F)cc(Br)c2)[nH]1. The van der Waals surface area contributed by atoms with Gasteiger partial charge < -0.3 is 9.72 Å². The summed E-state index contributed by atoms with van der Waals surface area (Å²) in [4.78, 5) is 7.25. The van der Waals surface area contributed by atoms with Gasteiger partial charge in [0.15, 0.2) is 0 Å². The van der Waals surface area contributed by atoms with Gasteiger partial charge in [0.2, 0.25) is 0 Å². The van der Waals surface area contributed by atoms with E-state index in [1.54, 1.807) is 19.2 Å². The summed E-state index contributed by atoms with van der Waals surface area (Å²) in [6.07, 6.45) is 0. The van der Waals surface area contributed by atoms with Gasteiger partial charge in [-0.05, 0) is 24.3 Å². The average Bonchev–Trinajstić information content (AvgIpc) is 2.27. The number of aromatic amines is 1. The third kappa shape index (κ3) is 3.22. The maximum atomic E-state index is 13.3. The quantitative estimate of drug-likeness (QED) is 0.869. The van der Waals surface area contributed by atoms with Crippen molar-refractivity contribution in [3.63, 3.8) is 0 Å². The number of hydrogen-bond donors (Lipinski definition) is 1. The number of aromatic nitrogens is 2. The average molecular weight is 329 g/mol. The molecule has 2 aromatic rings. The van der Waals surface area contributed by atoms with Gasteiger partial charge in [0, 0.05) is 22.8 Å². The van der Waals surface area contributed by atoms with Gasteiger partial charge >= 0.3 is 0 Å². The van der Waals surface area contributed by atoms with E-state index in [1.807, 2.05) is 0 Å². The maximum absolute atomic E-state index is 13.3. The Labute approximate surface area is 117 Å². The standard InChI is InChI=1S/C12H10BrFN2OS/c1-17-6-10-5-11(18)16-12(15-10)7-2-8(13)4-9(14)3-7/h2-5H,6H2,1H3,(H,15,16,18). The molecular formula is C12H10BrFN2OS. The molecule has 0 saturated carbocycles. The number of methoxy groups -OCH3 is 1. The minimum atomic E-state index is -0.336. The second-order valence-electron chi connectivity index (χ2n) is 3.68. The van der Waals surface area contributed by atoms with Gasteiger partial charge in [-0.1, -0.05) is 28.1 Å². The van der Waals surface area contributed by atoms with Gasteiger partial charge in [-0.2, -0.15) is 0 Å². The molecule has 0 fully saturated rings. The summed E-state index contributed by atoms with van der Waals surface area (Å²) < 4.78 is 19.5. The number of nitrogens with one attached hydrogen (secondary N) is 1. The lowest BCUT2D eigenvalue weighted by atomic mass is 10.2. The summed E-state index contributed by atoms with van der Waals surface area (Å²) in [5.41, 5.74) is 1.43. The molecule has 0 aliphatic carbocycles. The summed E-state index contributed by atoms with van der Waals surface area (Å²) in [5, 5.41) is 0. The normalized spacial score (nSPS) is 10.6. The van der Waals surface area contributed by atoms with Crippen molar-refractivity contribution in [2.45, 2.75) is 6.61 Å². The van der Waals surface area contributed by atoms with Crippen LogP contribution in [-0.4, -0.2) is 17.1 Å². The number of hydrogen-bond acceptors (Lipinski definition) is 3. The Bertz CT molecular complexity index is 609. The van der Waals surface area contributed by atoms with Crippen molar-refractivity contribution in [3.8, 4) is 11.4 Å². The molecule has 0 aliphatic rings. The summed E-state index contributed by atoms with van der Waals surface area (Å²) in [6, 6.07) is 6.27. The van der Waals surface area contributed by atoms with Crippen LogP contribution in [0.2, 0.25) is 0 Å². The van der Waals surface area contributed by atoms with Crippen LogP contribution in [0.1, 0.15) is 5.69 Å². The molecule has 0 saturated heterocycles. The van der Waals surface area contributed by atoms with Crippen LogP contribution in [0.15, 0.2) is 28.7 Å². The number of H-pyrrole nitrogens is 1. The maximum Gasteiger partial charge on any atom is 0.139 e. The molecule has 94 valence electrons. The number of rotatable bonds is 3. The molecule has 0 amide bonds. The molecule has 3 nitrogen and oxygen atoms in total. The van der Waals surface area contributed by atoms with Crippen LogP contribution >= 0.6 is 28.1 Å². The van der Waals surface area contributed by atoms with Crippen LogP contribution in [0.5, 0.6) is 0 Å². The van der Waals surface area contributed by atoms with E-state index in [0.29, 0.717) is 27.1 Å². The van der Waals surface area contributed by atoms with Gasteiger partial charge in [-0.3, -0.25) is 0 Å². The van der Waals surface area contributed by atoms with Gasteiger partial charge in [-0.15, -0.1) is 0 Å². The molecule has 6 heteroatoms. The minimum Gasteiger partial charge on any atom is -0.378 e. The third-order valence-corrected chi connectivity index (χ3v) is 2.90. The zero-order chi connectivity index (χ0) is 13.1. The first-order valence-electron chi connectivity index (χ1n) is 5.14. The van der Waals surface area contributed by atoms with Crippen LogP contribution in [0.4, 0.5) is 4.39 Å². The summed E-state index contributed by atoms with van der Waals surface area (Å²) >= 11 is 8.32. The van der Waals surface area contributed by atoms with Gasteiger partial charge in [-0.25, -0.2) is 9.37 Å². The summed E-state index contributed by atoms with van der Waals surface area (Å²) in [5.74, 6) is 0.187. The number of benzene rings is 1. The molecular weight excluding hydrogens is 319 g/mol. The first-order chi connectivity index (χ1) is 8.58. The Morgan fingerprint density at radius 2 is 2.17 bits per heavy atom. The molecule has 18 heavy (non-hydrogen) atoms. The molecule has 0 atom stereocenters. The van der Waals surface area contributed by atoms with E-state index >= 15 is 0 Å². The van der Waals surface area contributed by atoms with Gasteiger partial charge in [0.1, 0.15) is 16.3 Å². The van der Waals surface area contributed by atoms with Crippen LogP contribution in [-0.2, 0) is 11.3 Å². The van der Waals surface area contributed by atoms with E-state index in [1.165, 1.54) is 12.1 Å². The lowest BCUT2D eigenvalue weighted by molar-refractivity contribution is 0.181. The predicted octanol–water partition coefficient (Wildman–Crippen LogP) is 3.85. The number of ether oxygens (including phenoxy) is 1. The first kappa shape index (κ1) is 13.3. The Kier molecular flexibility index (Phi) is 4.21. The fraction of sp³-hybridized carbons (Fsp3) is 0.167. The topological polar surface area (TPSA) is 37.9 Å². The second kappa shape index (κ2) is 5.69. The number of halogens is 2. The van der Waals surface area contributed by atoms with Gasteiger partial charge in [0.25, 0.3) is 0 Å².